The number of rotatable bonds is 4. The summed E-state index contributed by atoms with van der Waals surface area (Å²) in [7, 11) is 0. The first-order valence-corrected chi connectivity index (χ1v) is 13.6. The van der Waals surface area contributed by atoms with E-state index in [0.717, 1.165) is 33.5 Å². The molecule has 40 heavy (non-hydrogen) atoms. The second kappa shape index (κ2) is 9.21. The third kappa shape index (κ3) is 3.46. The molecule has 0 saturated carbocycles. The molecule has 0 saturated heterocycles. The Labute approximate surface area is 233 Å². The fraction of sp³-hybridized carbons (Fsp3) is 0. The maximum Gasteiger partial charge on any atom is 0.243 e. The SMILES string of the molecule is c1ccc(N(c2ccccc2)c2ccc(B3c4ccccc4-c4ccnc5cccc3c45)c3cccnc23)cc1. The van der Waals surface area contributed by atoms with Crippen LogP contribution < -0.4 is 21.3 Å². The summed E-state index contributed by atoms with van der Waals surface area (Å²) >= 11 is 0. The zero-order valence-corrected chi connectivity index (χ0v) is 21.8. The van der Waals surface area contributed by atoms with Gasteiger partial charge in [-0.2, -0.15) is 0 Å². The van der Waals surface area contributed by atoms with Crippen molar-refractivity contribution in [2.75, 3.05) is 4.90 Å². The van der Waals surface area contributed by atoms with Crippen molar-refractivity contribution >= 4 is 62.0 Å². The van der Waals surface area contributed by atoms with Crippen molar-refractivity contribution in [3.63, 3.8) is 0 Å². The van der Waals surface area contributed by atoms with Gasteiger partial charge in [0.15, 0.2) is 0 Å². The van der Waals surface area contributed by atoms with Gasteiger partial charge in [-0.3, -0.25) is 9.97 Å². The summed E-state index contributed by atoms with van der Waals surface area (Å²) in [5.41, 5.74) is 11.7. The Balaban J connectivity index is 1.41. The highest BCUT2D eigenvalue weighted by atomic mass is 15.1. The van der Waals surface area contributed by atoms with E-state index in [2.05, 4.69) is 138 Å². The summed E-state index contributed by atoms with van der Waals surface area (Å²) in [6, 6.07) is 47.4. The van der Waals surface area contributed by atoms with Crippen molar-refractivity contribution in [1.29, 1.82) is 0 Å². The molecule has 0 amide bonds. The number of anilines is 3. The number of fused-ring (bicyclic) bond motifs is 3. The predicted molar refractivity (Wildman–Crippen MR) is 168 cm³/mol. The van der Waals surface area contributed by atoms with Crippen molar-refractivity contribution < 1.29 is 0 Å². The van der Waals surface area contributed by atoms with Crippen LogP contribution >= 0.6 is 0 Å². The van der Waals surface area contributed by atoms with E-state index in [1.54, 1.807) is 0 Å². The molecular weight excluding hydrogens is 485 g/mol. The number of pyridine rings is 2. The van der Waals surface area contributed by atoms with Crippen molar-refractivity contribution in [3.8, 4) is 11.1 Å². The lowest BCUT2D eigenvalue weighted by molar-refractivity contribution is 1.28. The average Bonchev–Trinajstić information content (AvgIpc) is 3.03. The molecule has 8 rings (SSSR count). The van der Waals surface area contributed by atoms with E-state index in [1.165, 1.54) is 32.9 Å². The van der Waals surface area contributed by atoms with Crippen LogP contribution in [0.15, 0.2) is 146 Å². The van der Waals surface area contributed by atoms with Crippen molar-refractivity contribution in [2.24, 2.45) is 0 Å². The number of para-hydroxylation sites is 2. The van der Waals surface area contributed by atoms with Gasteiger partial charge in [-0.15, -0.1) is 0 Å². The molecule has 5 aromatic carbocycles. The minimum atomic E-state index is 0.0688. The highest BCUT2D eigenvalue weighted by Gasteiger charge is 2.33. The van der Waals surface area contributed by atoms with Gasteiger partial charge in [0.05, 0.1) is 16.7 Å². The van der Waals surface area contributed by atoms with Gasteiger partial charge in [-0.05, 0) is 65.0 Å². The third-order valence-electron chi connectivity index (χ3n) is 8.03. The van der Waals surface area contributed by atoms with E-state index < -0.39 is 0 Å². The van der Waals surface area contributed by atoms with Gasteiger partial charge in [0.2, 0.25) is 6.71 Å². The minimum absolute atomic E-state index is 0.0688. The summed E-state index contributed by atoms with van der Waals surface area (Å²) in [6.07, 6.45) is 3.83. The Morgan fingerprint density at radius 2 is 1.20 bits per heavy atom. The zero-order valence-electron chi connectivity index (χ0n) is 21.8. The lowest BCUT2D eigenvalue weighted by Crippen LogP contribution is -2.55. The van der Waals surface area contributed by atoms with Crippen LogP contribution in [0, 0.1) is 0 Å². The first-order valence-electron chi connectivity index (χ1n) is 13.6. The molecule has 3 heterocycles. The average molecular weight is 509 g/mol. The quantitative estimate of drug-likeness (QED) is 0.246. The summed E-state index contributed by atoms with van der Waals surface area (Å²) in [5.74, 6) is 0. The number of nitrogens with zero attached hydrogens (tertiary/aromatic N) is 3. The molecule has 1 aliphatic rings. The van der Waals surface area contributed by atoms with E-state index in [1.807, 2.05) is 12.4 Å². The molecule has 0 atom stereocenters. The summed E-state index contributed by atoms with van der Waals surface area (Å²) < 4.78 is 0. The smallest absolute Gasteiger partial charge is 0.243 e. The molecule has 3 nitrogen and oxygen atoms in total. The van der Waals surface area contributed by atoms with Crippen LogP contribution in [0.25, 0.3) is 32.9 Å². The minimum Gasteiger partial charge on any atom is -0.308 e. The van der Waals surface area contributed by atoms with Crippen LogP contribution in [0.2, 0.25) is 0 Å². The largest absolute Gasteiger partial charge is 0.308 e. The zero-order chi connectivity index (χ0) is 26.5. The Morgan fingerprint density at radius 3 is 2.00 bits per heavy atom. The van der Waals surface area contributed by atoms with E-state index in [-0.39, 0.29) is 6.71 Å². The second-order valence-electron chi connectivity index (χ2n) is 10.2. The molecule has 1 aliphatic heterocycles. The van der Waals surface area contributed by atoms with Crippen LogP contribution in [-0.4, -0.2) is 16.7 Å². The molecule has 0 radical (unpaired) electrons. The van der Waals surface area contributed by atoms with Crippen molar-refractivity contribution in [1.82, 2.24) is 9.97 Å². The highest BCUT2D eigenvalue weighted by molar-refractivity contribution is 6.99. The second-order valence-corrected chi connectivity index (χ2v) is 10.2. The maximum absolute atomic E-state index is 5.00. The van der Waals surface area contributed by atoms with Gasteiger partial charge in [-0.25, -0.2) is 0 Å². The van der Waals surface area contributed by atoms with Gasteiger partial charge >= 0.3 is 0 Å². The highest BCUT2D eigenvalue weighted by Crippen LogP contribution is 2.38. The van der Waals surface area contributed by atoms with Crippen LogP contribution in [0.1, 0.15) is 0 Å². The number of hydrogen-bond acceptors (Lipinski definition) is 3. The lowest BCUT2D eigenvalue weighted by Gasteiger charge is -2.29. The van der Waals surface area contributed by atoms with E-state index in [0.29, 0.717) is 0 Å². The monoisotopic (exact) mass is 509 g/mol. The number of benzene rings is 5. The van der Waals surface area contributed by atoms with Gasteiger partial charge in [0, 0.05) is 29.2 Å². The van der Waals surface area contributed by atoms with Crippen LogP contribution in [0.5, 0.6) is 0 Å². The molecule has 0 unspecified atom stereocenters. The number of hydrogen-bond donors (Lipinski definition) is 0. The van der Waals surface area contributed by atoms with Gasteiger partial charge < -0.3 is 4.90 Å². The van der Waals surface area contributed by atoms with Crippen molar-refractivity contribution in [3.05, 3.63) is 146 Å². The van der Waals surface area contributed by atoms with E-state index in [4.69, 9.17) is 9.97 Å². The van der Waals surface area contributed by atoms with E-state index >= 15 is 0 Å². The van der Waals surface area contributed by atoms with E-state index in [9.17, 15) is 0 Å². The molecule has 0 bridgehead atoms. The Hall–Kier alpha value is -5.22. The first-order chi connectivity index (χ1) is 19.9. The summed E-state index contributed by atoms with van der Waals surface area (Å²) in [5, 5.41) is 2.39. The fourth-order valence-corrected chi connectivity index (χ4v) is 6.39. The van der Waals surface area contributed by atoms with Gasteiger partial charge in [0.25, 0.3) is 0 Å². The molecule has 0 fully saturated rings. The van der Waals surface area contributed by atoms with Gasteiger partial charge in [0.1, 0.15) is 0 Å². The predicted octanol–water partition coefficient (Wildman–Crippen LogP) is 6.75. The fourth-order valence-electron chi connectivity index (χ4n) is 6.39. The summed E-state index contributed by atoms with van der Waals surface area (Å²) in [6.45, 7) is 0.0688. The Bertz CT molecular complexity index is 1980. The van der Waals surface area contributed by atoms with Crippen LogP contribution in [0.3, 0.4) is 0 Å². The van der Waals surface area contributed by atoms with Crippen molar-refractivity contribution in [2.45, 2.75) is 0 Å². The lowest BCUT2D eigenvalue weighted by atomic mass is 9.33. The molecule has 0 N–H and O–H groups in total. The topological polar surface area (TPSA) is 29.0 Å². The Kier molecular flexibility index (Phi) is 5.24. The normalized spacial score (nSPS) is 11.9. The Morgan fingerprint density at radius 1 is 0.475 bits per heavy atom. The first kappa shape index (κ1) is 22.7. The summed E-state index contributed by atoms with van der Waals surface area (Å²) in [4.78, 5) is 12.0. The standard InChI is InChI=1S/C36H24BN3/c1-3-11-25(12-4-1)40(26-13-5-2-6-14-26)34-21-20-31(29-16-10-23-39-36(29)34)37-30-17-8-7-15-27(30)28-22-24-38-33-19-9-18-32(37)35(28)33/h1-24H. The van der Waals surface area contributed by atoms with Gasteiger partial charge in [-0.1, -0.05) is 101 Å². The number of aromatic nitrogens is 2. The molecule has 2 aromatic heterocycles. The molecule has 0 spiro atoms. The van der Waals surface area contributed by atoms with Crippen LogP contribution in [0.4, 0.5) is 17.1 Å². The maximum atomic E-state index is 5.00. The molecule has 4 heteroatoms. The molecule has 7 aromatic rings. The molecular formula is C36H24BN3. The molecule has 0 aliphatic carbocycles. The third-order valence-corrected chi connectivity index (χ3v) is 8.03. The molecule has 186 valence electrons. The van der Waals surface area contributed by atoms with Crippen LogP contribution in [-0.2, 0) is 0 Å².